The summed E-state index contributed by atoms with van der Waals surface area (Å²) in [7, 11) is -1.62. The van der Waals surface area contributed by atoms with Crippen LogP contribution in [0.3, 0.4) is 0 Å². The minimum absolute atomic E-state index is 0.208. The Morgan fingerprint density at radius 3 is 2.52 bits per heavy atom. The lowest BCUT2D eigenvalue weighted by Gasteiger charge is -2.35. The van der Waals surface area contributed by atoms with Gasteiger partial charge in [-0.1, -0.05) is 56.9 Å². The monoisotopic (exact) mass is 290 g/mol. The highest BCUT2D eigenvalue weighted by atomic mass is 19.1. The van der Waals surface area contributed by atoms with E-state index >= 15 is 0 Å². The molecule has 4 heteroatoms. The van der Waals surface area contributed by atoms with Crippen molar-refractivity contribution in [2.45, 2.75) is 57.3 Å². The van der Waals surface area contributed by atoms with E-state index in [1.807, 2.05) is 0 Å². The molecule has 1 aromatic rings. The summed E-state index contributed by atoms with van der Waals surface area (Å²) in [4.78, 5) is 0. The van der Waals surface area contributed by atoms with Crippen molar-refractivity contribution in [3.8, 4) is 0 Å². The average molecular weight is 290 g/mol. The van der Waals surface area contributed by atoms with E-state index in [0.717, 1.165) is 38.5 Å². The molecule has 1 fully saturated rings. The number of hydrogen-bond donors (Lipinski definition) is 2. The zero-order valence-corrected chi connectivity index (χ0v) is 12.7. The Bertz CT molecular complexity index is 494. The maximum atomic E-state index is 14.5. The summed E-state index contributed by atoms with van der Waals surface area (Å²) >= 11 is 0. The molecule has 114 valence electrons. The fourth-order valence-electron chi connectivity index (χ4n) is 3.28. The van der Waals surface area contributed by atoms with Crippen molar-refractivity contribution in [3.63, 3.8) is 0 Å². The molecule has 0 radical (unpaired) electrons. The maximum absolute atomic E-state index is 14.5. The van der Waals surface area contributed by atoms with Crippen molar-refractivity contribution in [2.24, 2.45) is 0 Å². The summed E-state index contributed by atoms with van der Waals surface area (Å²) in [5.74, 6) is -0.330. The van der Waals surface area contributed by atoms with E-state index in [4.69, 9.17) is 10.0 Å². The molecule has 0 spiro atoms. The van der Waals surface area contributed by atoms with Crippen LogP contribution in [0, 0.1) is 5.82 Å². The molecule has 0 unspecified atom stereocenters. The SMILES string of the molecule is CCC/C=C/C1(c2ccc(B(O)O)cc2F)CCCCC1. The quantitative estimate of drug-likeness (QED) is 0.646. The predicted molar refractivity (Wildman–Crippen MR) is 85.0 cm³/mol. The van der Waals surface area contributed by atoms with Gasteiger partial charge >= 0.3 is 7.12 Å². The van der Waals surface area contributed by atoms with Crippen molar-refractivity contribution < 1.29 is 14.4 Å². The first-order valence-electron chi connectivity index (χ1n) is 7.93. The zero-order chi connectivity index (χ0) is 15.3. The Kier molecular flexibility index (Phi) is 5.60. The Morgan fingerprint density at radius 2 is 1.95 bits per heavy atom. The standard InChI is InChI=1S/C17H24BFO2/c1-2-3-5-10-17(11-6-4-7-12-17)15-9-8-14(18(20)21)13-16(15)19/h5,8-10,13,20-21H,2-4,6-7,11-12H2,1H3/b10-5+. The van der Waals surface area contributed by atoms with E-state index in [0.29, 0.717) is 5.56 Å². The summed E-state index contributed by atoms with van der Waals surface area (Å²) in [5, 5.41) is 18.3. The first-order chi connectivity index (χ1) is 10.1. The van der Waals surface area contributed by atoms with Crippen LogP contribution in [0.15, 0.2) is 30.4 Å². The number of allylic oxidation sites excluding steroid dienone is 2. The molecule has 0 amide bonds. The van der Waals surface area contributed by atoms with Gasteiger partial charge in [-0.05, 0) is 36.4 Å². The lowest BCUT2D eigenvalue weighted by Crippen LogP contribution is -2.33. The molecule has 2 N–H and O–H groups in total. The third kappa shape index (κ3) is 3.75. The smallest absolute Gasteiger partial charge is 0.423 e. The van der Waals surface area contributed by atoms with Crippen LogP contribution in [0.5, 0.6) is 0 Å². The molecule has 2 rings (SSSR count). The van der Waals surface area contributed by atoms with Gasteiger partial charge in [0.05, 0.1) is 0 Å². The highest BCUT2D eigenvalue weighted by Crippen LogP contribution is 2.41. The third-order valence-electron chi connectivity index (χ3n) is 4.47. The first-order valence-corrected chi connectivity index (χ1v) is 7.93. The Hall–Kier alpha value is -1.13. The van der Waals surface area contributed by atoms with Gasteiger partial charge in [0.1, 0.15) is 5.82 Å². The second kappa shape index (κ2) is 7.23. The lowest BCUT2D eigenvalue weighted by atomic mass is 9.68. The largest absolute Gasteiger partial charge is 0.488 e. The van der Waals surface area contributed by atoms with Gasteiger partial charge in [0.2, 0.25) is 0 Å². The van der Waals surface area contributed by atoms with Crippen LogP contribution in [0.25, 0.3) is 0 Å². The molecular formula is C17H24BFO2. The zero-order valence-electron chi connectivity index (χ0n) is 12.7. The topological polar surface area (TPSA) is 40.5 Å². The van der Waals surface area contributed by atoms with Gasteiger partial charge in [0, 0.05) is 5.41 Å². The van der Waals surface area contributed by atoms with E-state index in [9.17, 15) is 4.39 Å². The van der Waals surface area contributed by atoms with Crippen molar-refractivity contribution >= 4 is 12.6 Å². The van der Waals surface area contributed by atoms with Gasteiger partial charge in [0.25, 0.3) is 0 Å². The van der Waals surface area contributed by atoms with Crippen LogP contribution in [0.1, 0.15) is 57.4 Å². The Balaban J connectivity index is 2.36. The summed E-state index contributed by atoms with van der Waals surface area (Å²) in [5.41, 5.74) is 0.676. The molecule has 1 saturated carbocycles. The molecule has 1 aliphatic rings. The van der Waals surface area contributed by atoms with Crippen LogP contribution in [-0.2, 0) is 5.41 Å². The summed E-state index contributed by atoms with van der Waals surface area (Å²) < 4.78 is 14.5. The van der Waals surface area contributed by atoms with Crippen LogP contribution in [0.2, 0.25) is 0 Å². The second-order valence-corrected chi connectivity index (χ2v) is 6.02. The number of unbranched alkanes of at least 4 members (excludes halogenated alkanes) is 1. The van der Waals surface area contributed by atoms with Crippen LogP contribution in [-0.4, -0.2) is 17.2 Å². The fourth-order valence-corrected chi connectivity index (χ4v) is 3.28. The summed E-state index contributed by atoms with van der Waals surface area (Å²) in [6, 6.07) is 4.60. The molecular weight excluding hydrogens is 266 g/mol. The molecule has 0 heterocycles. The molecule has 0 bridgehead atoms. The molecule has 21 heavy (non-hydrogen) atoms. The first kappa shape index (κ1) is 16.2. The van der Waals surface area contributed by atoms with Crippen LogP contribution < -0.4 is 5.46 Å². The number of benzene rings is 1. The van der Waals surface area contributed by atoms with Crippen molar-refractivity contribution in [2.75, 3.05) is 0 Å². The Labute approximate surface area is 126 Å². The number of hydrogen-bond acceptors (Lipinski definition) is 2. The molecule has 0 atom stereocenters. The van der Waals surface area contributed by atoms with Gasteiger partial charge < -0.3 is 10.0 Å². The molecule has 1 aliphatic carbocycles. The normalized spacial score (nSPS) is 18.1. The Morgan fingerprint density at radius 1 is 1.24 bits per heavy atom. The van der Waals surface area contributed by atoms with Gasteiger partial charge in [-0.3, -0.25) is 0 Å². The van der Waals surface area contributed by atoms with Crippen molar-refractivity contribution in [1.29, 1.82) is 0 Å². The van der Waals surface area contributed by atoms with E-state index in [1.165, 1.54) is 12.5 Å². The summed E-state index contributed by atoms with van der Waals surface area (Å²) in [6.45, 7) is 2.13. The second-order valence-electron chi connectivity index (χ2n) is 6.02. The van der Waals surface area contributed by atoms with Crippen molar-refractivity contribution in [3.05, 3.63) is 41.7 Å². The third-order valence-corrected chi connectivity index (χ3v) is 4.47. The lowest BCUT2D eigenvalue weighted by molar-refractivity contribution is 0.345. The van der Waals surface area contributed by atoms with Gasteiger partial charge in [-0.2, -0.15) is 0 Å². The maximum Gasteiger partial charge on any atom is 0.488 e. The highest BCUT2D eigenvalue weighted by Gasteiger charge is 2.33. The van der Waals surface area contributed by atoms with Crippen LogP contribution in [0.4, 0.5) is 4.39 Å². The van der Waals surface area contributed by atoms with E-state index in [2.05, 4.69) is 19.1 Å². The van der Waals surface area contributed by atoms with Crippen molar-refractivity contribution in [1.82, 2.24) is 0 Å². The predicted octanol–water partition coefficient (Wildman–Crippen LogP) is 3.06. The summed E-state index contributed by atoms with van der Waals surface area (Å²) in [6.07, 6.45) is 11.8. The van der Waals surface area contributed by atoms with E-state index in [-0.39, 0.29) is 16.7 Å². The fraction of sp³-hybridized carbons (Fsp3) is 0.529. The van der Waals surface area contributed by atoms with Gasteiger partial charge in [-0.25, -0.2) is 4.39 Å². The van der Waals surface area contributed by atoms with E-state index < -0.39 is 7.12 Å². The number of rotatable bonds is 5. The average Bonchev–Trinajstić information content (AvgIpc) is 2.48. The molecule has 2 nitrogen and oxygen atoms in total. The number of halogens is 1. The highest BCUT2D eigenvalue weighted by molar-refractivity contribution is 6.58. The molecule has 1 aromatic carbocycles. The minimum atomic E-state index is -1.62. The molecule has 0 aromatic heterocycles. The van der Waals surface area contributed by atoms with E-state index in [1.54, 1.807) is 12.1 Å². The van der Waals surface area contributed by atoms with Gasteiger partial charge in [-0.15, -0.1) is 0 Å². The van der Waals surface area contributed by atoms with Crippen LogP contribution >= 0.6 is 0 Å². The van der Waals surface area contributed by atoms with Gasteiger partial charge in [0.15, 0.2) is 0 Å². The minimum Gasteiger partial charge on any atom is -0.423 e. The molecule has 0 saturated heterocycles. The molecule has 0 aliphatic heterocycles.